The van der Waals surface area contributed by atoms with E-state index < -0.39 is 5.82 Å². The van der Waals surface area contributed by atoms with Crippen LogP contribution in [0, 0.1) is 5.82 Å². The van der Waals surface area contributed by atoms with Gasteiger partial charge in [-0.25, -0.2) is 4.39 Å². The van der Waals surface area contributed by atoms with E-state index in [1.807, 2.05) is 0 Å². The van der Waals surface area contributed by atoms with Crippen LogP contribution in [-0.2, 0) is 6.42 Å². The van der Waals surface area contributed by atoms with E-state index in [-0.39, 0.29) is 5.02 Å². The van der Waals surface area contributed by atoms with Gasteiger partial charge in [0, 0.05) is 18.0 Å². The summed E-state index contributed by atoms with van der Waals surface area (Å²) < 4.78 is 13.9. The predicted molar refractivity (Wildman–Crippen MR) is 81.8 cm³/mol. The lowest BCUT2D eigenvalue weighted by molar-refractivity contribution is 0.569. The molecular formula is C14H17ClFN3S. The van der Waals surface area contributed by atoms with Crippen molar-refractivity contribution in [1.82, 2.24) is 15.5 Å². The Bertz CT molecular complexity index is 571. The maximum Gasteiger partial charge on any atom is 0.152 e. The van der Waals surface area contributed by atoms with E-state index in [9.17, 15) is 4.39 Å². The molecule has 6 heteroatoms. The first kappa shape index (κ1) is 15.4. The molecule has 1 aromatic carbocycles. The van der Waals surface area contributed by atoms with Gasteiger partial charge in [-0.05, 0) is 25.1 Å². The van der Waals surface area contributed by atoms with Gasteiger partial charge >= 0.3 is 0 Å². The summed E-state index contributed by atoms with van der Waals surface area (Å²) in [5, 5.41) is 13.1. The molecule has 0 aliphatic rings. The summed E-state index contributed by atoms with van der Waals surface area (Å²) in [5.41, 5.74) is 0.418. The molecule has 1 heterocycles. The predicted octanol–water partition coefficient (Wildman–Crippen LogP) is 3.93. The van der Waals surface area contributed by atoms with E-state index in [2.05, 4.69) is 29.4 Å². The van der Waals surface area contributed by atoms with Crippen LogP contribution >= 0.6 is 22.9 Å². The van der Waals surface area contributed by atoms with Gasteiger partial charge in [-0.1, -0.05) is 42.9 Å². The Morgan fingerprint density at radius 2 is 2.15 bits per heavy atom. The van der Waals surface area contributed by atoms with Gasteiger partial charge in [0.05, 0.1) is 5.02 Å². The van der Waals surface area contributed by atoms with Crippen LogP contribution in [0.1, 0.15) is 25.3 Å². The molecule has 0 fully saturated rings. The minimum atomic E-state index is -0.432. The second kappa shape index (κ2) is 7.11. The fraction of sp³-hybridized carbons (Fsp3) is 0.429. The van der Waals surface area contributed by atoms with Crippen molar-refractivity contribution in [3.05, 3.63) is 34.0 Å². The third-order valence-electron chi connectivity index (χ3n) is 2.77. The second-order valence-corrected chi connectivity index (χ2v) is 6.28. The van der Waals surface area contributed by atoms with Crippen LogP contribution < -0.4 is 5.32 Å². The molecular weight excluding hydrogens is 297 g/mol. The van der Waals surface area contributed by atoms with Gasteiger partial charge in [0.25, 0.3) is 0 Å². The first-order valence-corrected chi connectivity index (χ1v) is 7.77. The Kier molecular flexibility index (Phi) is 5.46. The van der Waals surface area contributed by atoms with E-state index >= 15 is 0 Å². The summed E-state index contributed by atoms with van der Waals surface area (Å²) in [6.45, 7) is 5.17. The van der Waals surface area contributed by atoms with Crippen molar-refractivity contribution < 1.29 is 4.39 Å². The van der Waals surface area contributed by atoms with Gasteiger partial charge in [0.1, 0.15) is 5.01 Å². The molecule has 2 aromatic rings. The monoisotopic (exact) mass is 313 g/mol. The molecule has 0 spiro atoms. The average molecular weight is 314 g/mol. The molecule has 0 saturated carbocycles. The summed E-state index contributed by atoms with van der Waals surface area (Å²) in [6, 6.07) is 5.40. The highest BCUT2D eigenvalue weighted by Crippen LogP contribution is 2.29. The fourth-order valence-corrected chi connectivity index (χ4v) is 2.84. The normalized spacial score (nSPS) is 11.2. The Hall–Kier alpha value is -1.04. The number of hydrogen-bond acceptors (Lipinski definition) is 4. The van der Waals surface area contributed by atoms with Gasteiger partial charge in [-0.15, -0.1) is 10.2 Å². The Morgan fingerprint density at radius 1 is 1.35 bits per heavy atom. The third-order valence-corrected chi connectivity index (χ3v) is 4.08. The number of hydrogen-bond donors (Lipinski definition) is 1. The first-order chi connectivity index (χ1) is 9.58. The summed E-state index contributed by atoms with van der Waals surface area (Å²) in [5.74, 6) is -0.432. The molecule has 0 aliphatic carbocycles. The zero-order valence-corrected chi connectivity index (χ0v) is 13.1. The molecule has 3 nitrogen and oxygen atoms in total. The summed E-state index contributed by atoms with van der Waals surface area (Å²) in [4.78, 5) is 0. The summed E-state index contributed by atoms with van der Waals surface area (Å²) in [7, 11) is 0. The standard InChI is InChI=1S/C14H17ClFN3S/c1-9(2)17-8-4-7-12-18-19-14(20-12)10-5-3-6-11(15)13(10)16/h3,5-6,9,17H,4,7-8H2,1-2H3. The van der Waals surface area contributed by atoms with Crippen molar-refractivity contribution in [2.24, 2.45) is 0 Å². The molecule has 0 bridgehead atoms. The highest BCUT2D eigenvalue weighted by atomic mass is 35.5. The maximum absolute atomic E-state index is 13.9. The molecule has 1 N–H and O–H groups in total. The molecule has 0 amide bonds. The number of nitrogens with one attached hydrogen (secondary N) is 1. The highest BCUT2D eigenvalue weighted by Gasteiger charge is 2.13. The largest absolute Gasteiger partial charge is 0.315 e. The molecule has 1 aromatic heterocycles. The Labute approximate surface area is 127 Å². The van der Waals surface area contributed by atoms with Gasteiger partial charge in [-0.3, -0.25) is 0 Å². The number of rotatable bonds is 6. The van der Waals surface area contributed by atoms with Gasteiger partial charge in [-0.2, -0.15) is 0 Å². The van der Waals surface area contributed by atoms with Gasteiger partial charge in [0.2, 0.25) is 0 Å². The van der Waals surface area contributed by atoms with Crippen molar-refractivity contribution in [2.45, 2.75) is 32.7 Å². The second-order valence-electron chi connectivity index (χ2n) is 4.81. The molecule has 0 atom stereocenters. The van der Waals surface area contributed by atoms with Crippen LogP contribution in [0.4, 0.5) is 4.39 Å². The van der Waals surface area contributed by atoms with Gasteiger partial charge in [0.15, 0.2) is 10.8 Å². The van der Waals surface area contributed by atoms with Crippen LogP contribution in [0.5, 0.6) is 0 Å². The Morgan fingerprint density at radius 3 is 2.90 bits per heavy atom. The molecule has 0 radical (unpaired) electrons. The maximum atomic E-state index is 13.9. The quantitative estimate of drug-likeness (QED) is 0.821. The fourth-order valence-electron chi connectivity index (χ4n) is 1.76. The summed E-state index contributed by atoms with van der Waals surface area (Å²) in [6.07, 6.45) is 1.84. The lowest BCUT2D eigenvalue weighted by atomic mass is 10.2. The highest BCUT2D eigenvalue weighted by molar-refractivity contribution is 7.14. The number of benzene rings is 1. The number of halogens is 2. The zero-order valence-electron chi connectivity index (χ0n) is 11.5. The first-order valence-electron chi connectivity index (χ1n) is 6.58. The zero-order chi connectivity index (χ0) is 14.5. The smallest absolute Gasteiger partial charge is 0.152 e. The van der Waals surface area contributed by atoms with Crippen LogP contribution in [0.3, 0.4) is 0 Å². The van der Waals surface area contributed by atoms with Crippen molar-refractivity contribution in [1.29, 1.82) is 0 Å². The van der Waals surface area contributed by atoms with Crippen LogP contribution in [0.2, 0.25) is 5.02 Å². The van der Waals surface area contributed by atoms with Crippen LogP contribution in [0.15, 0.2) is 18.2 Å². The Balaban J connectivity index is 2.00. The molecule has 2 rings (SSSR count). The molecule has 108 valence electrons. The molecule has 0 unspecified atom stereocenters. The lowest BCUT2D eigenvalue weighted by Gasteiger charge is -2.05. The van der Waals surface area contributed by atoms with Crippen molar-refractivity contribution >= 4 is 22.9 Å². The van der Waals surface area contributed by atoms with Gasteiger partial charge < -0.3 is 5.32 Å². The van der Waals surface area contributed by atoms with E-state index in [1.54, 1.807) is 12.1 Å². The van der Waals surface area contributed by atoms with Crippen molar-refractivity contribution in [3.8, 4) is 10.6 Å². The minimum absolute atomic E-state index is 0.111. The van der Waals surface area contributed by atoms with E-state index in [0.29, 0.717) is 16.6 Å². The minimum Gasteiger partial charge on any atom is -0.315 e. The number of aromatic nitrogens is 2. The van der Waals surface area contributed by atoms with E-state index in [4.69, 9.17) is 11.6 Å². The van der Waals surface area contributed by atoms with E-state index in [0.717, 1.165) is 24.4 Å². The van der Waals surface area contributed by atoms with Crippen molar-refractivity contribution in [3.63, 3.8) is 0 Å². The molecule has 0 aliphatic heterocycles. The SMILES string of the molecule is CC(C)NCCCc1nnc(-c2cccc(Cl)c2F)s1. The molecule has 0 saturated heterocycles. The molecule has 20 heavy (non-hydrogen) atoms. The van der Waals surface area contributed by atoms with Crippen molar-refractivity contribution in [2.75, 3.05) is 6.54 Å². The van der Waals surface area contributed by atoms with Crippen LogP contribution in [0.25, 0.3) is 10.6 Å². The van der Waals surface area contributed by atoms with Crippen LogP contribution in [-0.4, -0.2) is 22.8 Å². The lowest BCUT2D eigenvalue weighted by Crippen LogP contribution is -2.23. The van der Waals surface area contributed by atoms with E-state index in [1.165, 1.54) is 17.4 Å². The third kappa shape index (κ3) is 3.98. The number of nitrogens with zero attached hydrogens (tertiary/aromatic N) is 2. The number of aryl methyl sites for hydroxylation is 1. The summed E-state index contributed by atoms with van der Waals surface area (Å²) >= 11 is 7.19. The topological polar surface area (TPSA) is 37.8 Å². The average Bonchev–Trinajstić information content (AvgIpc) is 2.86.